The van der Waals surface area contributed by atoms with Crippen LogP contribution in [0.25, 0.3) is 0 Å². The maximum Gasteiger partial charge on any atom is 0.243 e. The molecule has 1 aromatic carbocycles. The van der Waals surface area contributed by atoms with Crippen molar-refractivity contribution < 1.29 is 4.79 Å². The molecule has 0 bridgehead atoms. The molecule has 2 aromatic rings. The summed E-state index contributed by atoms with van der Waals surface area (Å²) in [4.78, 5) is 13.9. The first-order valence-electron chi connectivity index (χ1n) is 6.94. The number of carbonyl (C=O) groups excluding carboxylic acids is 1. The SMILES string of the molecule is CCc1nn(C)c(CN2CC(=O)Nc3ccccc32)c1Br. The van der Waals surface area contributed by atoms with Crippen molar-refractivity contribution >= 4 is 33.2 Å². The van der Waals surface area contributed by atoms with Crippen LogP contribution in [0.5, 0.6) is 0 Å². The number of nitrogens with one attached hydrogen (secondary N) is 1. The van der Waals surface area contributed by atoms with E-state index in [1.807, 2.05) is 36.0 Å². The minimum absolute atomic E-state index is 0.0164. The average molecular weight is 349 g/mol. The molecule has 110 valence electrons. The highest BCUT2D eigenvalue weighted by Gasteiger charge is 2.24. The lowest BCUT2D eigenvalue weighted by molar-refractivity contribution is -0.115. The van der Waals surface area contributed by atoms with Crippen molar-refractivity contribution in [3.05, 3.63) is 40.1 Å². The van der Waals surface area contributed by atoms with Gasteiger partial charge in [0.15, 0.2) is 0 Å². The Balaban J connectivity index is 1.95. The van der Waals surface area contributed by atoms with Crippen molar-refractivity contribution in [2.75, 3.05) is 16.8 Å². The van der Waals surface area contributed by atoms with Gasteiger partial charge in [0.25, 0.3) is 0 Å². The van der Waals surface area contributed by atoms with Gasteiger partial charge < -0.3 is 10.2 Å². The molecule has 1 aliphatic rings. The summed E-state index contributed by atoms with van der Waals surface area (Å²) >= 11 is 3.63. The zero-order valence-electron chi connectivity index (χ0n) is 12.1. The molecule has 0 radical (unpaired) electrons. The van der Waals surface area contributed by atoms with Gasteiger partial charge >= 0.3 is 0 Å². The largest absolute Gasteiger partial charge is 0.355 e. The molecule has 6 heteroatoms. The van der Waals surface area contributed by atoms with Crippen LogP contribution >= 0.6 is 15.9 Å². The first-order valence-corrected chi connectivity index (χ1v) is 7.73. The Morgan fingerprint density at radius 2 is 2.14 bits per heavy atom. The van der Waals surface area contributed by atoms with E-state index in [-0.39, 0.29) is 5.91 Å². The maximum absolute atomic E-state index is 11.9. The molecule has 0 fully saturated rings. The molecular weight excluding hydrogens is 332 g/mol. The number of nitrogens with zero attached hydrogens (tertiary/aromatic N) is 3. The van der Waals surface area contributed by atoms with Crippen LogP contribution in [0, 0.1) is 0 Å². The Bertz CT molecular complexity index is 695. The van der Waals surface area contributed by atoms with Gasteiger partial charge in [0.05, 0.1) is 40.3 Å². The molecule has 3 rings (SSSR count). The summed E-state index contributed by atoms with van der Waals surface area (Å²) in [5, 5.41) is 7.42. The van der Waals surface area contributed by atoms with Crippen LogP contribution < -0.4 is 10.2 Å². The Morgan fingerprint density at radius 3 is 2.86 bits per heavy atom. The zero-order chi connectivity index (χ0) is 15.0. The second kappa shape index (κ2) is 5.52. The number of hydrogen-bond acceptors (Lipinski definition) is 3. The third-order valence-electron chi connectivity index (χ3n) is 3.70. The van der Waals surface area contributed by atoms with E-state index in [9.17, 15) is 4.79 Å². The Morgan fingerprint density at radius 1 is 1.38 bits per heavy atom. The molecule has 1 aliphatic heterocycles. The third-order valence-corrected chi connectivity index (χ3v) is 4.61. The number of anilines is 2. The highest BCUT2D eigenvalue weighted by atomic mass is 79.9. The first kappa shape index (κ1) is 14.1. The van der Waals surface area contributed by atoms with Crippen LogP contribution in [0.2, 0.25) is 0 Å². The first-order chi connectivity index (χ1) is 10.1. The summed E-state index contributed by atoms with van der Waals surface area (Å²) in [6.07, 6.45) is 0.880. The molecular formula is C15H17BrN4O. The molecule has 0 unspecified atom stereocenters. The van der Waals surface area contributed by atoms with E-state index < -0.39 is 0 Å². The number of aryl methyl sites for hydroxylation is 2. The van der Waals surface area contributed by atoms with Crippen molar-refractivity contribution in [2.45, 2.75) is 19.9 Å². The highest BCUT2D eigenvalue weighted by molar-refractivity contribution is 9.10. The van der Waals surface area contributed by atoms with Gasteiger partial charge in [-0.3, -0.25) is 9.48 Å². The summed E-state index contributed by atoms with van der Waals surface area (Å²) in [5.41, 5.74) is 4.03. The Hall–Kier alpha value is -1.82. The van der Waals surface area contributed by atoms with Crippen LogP contribution in [0.15, 0.2) is 28.7 Å². The lowest BCUT2D eigenvalue weighted by Gasteiger charge is -2.30. The van der Waals surface area contributed by atoms with E-state index in [0.29, 0.717) is 13.1 Å². The summed E-state index contributed by atoms with van der Waals surface area (Å²) < 4.78 is 2.92. The summed E-state index contributed by atoms with van der Waals surface area (Å²) in [5.74, 6) is 0.0164. The number of carbonyl (C=O) groups is 1. The quantitative estimate of drug-likeness (QED) is 0.927. The van der Waals surface area contributed by atoms with E-state index in [2.05, 4.69) is 38.2 Å². The lowest BCUT2D eigenvalue weighted by atomic mass is 10.2. The van der Waals surface area contributed by atoms with Crippen molar-refractivity contribution in [3.8, 4) is 0 Å². The number of benzene rings is 1. The minimum atomic E-state index is 0.0164. The monoisotopic (exact) mass is 348 g/mol. The number of hydrogen-bond donors (Lipinski definition) is 1. The summed E-state index contributed by atoms with van der Waals surface area (Å²) in [6, 6.07) is 7.87. The minimum Gasteiger partial charge on any atom is -0.355 e. The molecule has 0 saturated heterocycles. The maximum atomic E-state index is 11.9. The van der Waals surface area contributed by atoms with Gasteiger partial charge in [-0.15, -0.1) is 0 Å². The van der Waals surface area contributed by atoms with Crippen molar-refractivity contribution in [1.29, 1.82) is 0 Å². The van der Waals surface area contributed by atoms with Gasteiger partial charge in [-0.05, 0) is 34.5 Å². The molecule has 2 heterocycles. The Labute approximate surface area is 132 Å². The second-order valence-corrected chi connectivity index (χ2v) is 5.90. The molecule has 0 aliphatic carbocycles. The standard InChI is InChI=1S/C15H17BrN4O/c1-3-10-15(16)13(19(2)18-10)8-20-9-14(21)17-11-6-4-5-7-12(11)20/h4-7H,3,8-9H2,1-2H3,(H,17,21). The van der Waals surface area contributed by atoms with Gasteiger partial charge in [-0.2, -0.15) is 5.10 Å². The van der Waals surface area contributed by atoms with Crippen LogP contribution in [-0.4, -0.2) is 22.2 Å². The van der Waals surface area contributed by atoms with E-state index in [0.717, 1.165) is 33.7 Å². The van der Waals surface area contributed by atoms with Crippen molar-refractivity contribution in [2.24, 2.45) is 7.05 Å². The molecule has 0 spiro atoms. The number of halogens is 1. The van der Waals surface area contributed by atoms with Gasteiger partial charge in [-0.25, -0.2) is 0 Å². The fourth-order valence-electron chi connectivity index (χ4n) is 2.62. The summed E-state index contributed by atoms with van der Waals surface area (Å²) in [7, 11) is 1.94. The highest BCUT2D eigenvalue weighted by Crippen LogP contribution is 2.31. The van der Waals surface area contributed by atoms with E-state index in [1.54, 1.807) is 0 Å². The van der Waals surface area contributed by atoms with Gasteiger partial charge in [0.2, 0.25) is 5.91 Å². The number of rotatable bonds is 3. The molecule has 5 nitrogen and oxygen atoms in total. The number of para-hydroxylation sites is 2. The van der Waals surface area contributed by atoms with Crippen molar-refractivity contribution in [3.63, 3.8) is 0 Å². The second-order valence-electron chi connectivity index (χ2n) is 5.11. The Kier molecular flexibility index (Phi) is 3.71. The predicted octanol–water partition coefficient (Wildman–Crippen LogP) is 2.70. The van der Waals surface area contributed by atoms with E-state index in [4.69, 9.17) is 0 Å². The van der Waals surface area contributed by atoms with Gasteiger partial charge in [-0.1, -0.05) is 19.1 Å². The molecule has 21 heavy (non-hydrogen) atoms. The average Bonchev–Trinajstić information content (AvgIpc) is 2.74. The van der Waals surface area contributed by atoms with Crippen LogP contribution in [0.3, 0.4) is 0 Å². The third kappa shape index (κ3) is 2.55. The number of fused-ring (bicyclic) bond motifs is 1. The normalized spacial score (nSPS) is 14.0. The zero-order valence-corrected chi connectivity index (χ0v) is 13.6. The van der Waals surface area contributed by atoms with Crippen LogP contribution in [0.4, 0.5) is 11.4 Å². The number of aromatic nitrogens is 2. The van der Waals surface area contributed by atoms with E-state index in [1.165, 1.54) is 0 Å². The fourth-order valence-corrected chi connectivity index (χ4v) is 3.36. The molecule has 1 N–H and O–H groups in total. The van der Waals surface area contributed by atoms with E-state index >= 15 is 0 Å². The predicted molar refractivity (Wildman–Crippen MR) is 86.4 cm³/mol. The molecule has 1 aromatic heterocycles. The van der Waals surface area contributed by atoms with Crippen LogP contribution in [-0.2, 0) is 24.8 Å². The van der Waals surface area contributed by atoms with Gasteiger partial charge in [0, 0.05) is 7.05 Å². The van der Waals surface area contributed by atoms with Gasteiger partial charge in [0.1, 0.15) is 0 Å². The fraction of sp³-hybridized carbons (Fsp3) is 0.333. The molecule has 0 saturated carbocycles. The topological polar surface area (TPSA) is 50.2 Å². The summed E-state index contributed by atoms with van der Waals surface area (Å²) in [6.45, 7) is 3.09. The smallest absolute Gasteiger partial charge is 0.243 e. The molecule has 1 amide bonds. The van der Waals surface area contributed by atoms with Crippen molar-refractivity contribution in [1.82, 2.24) is 9.78 Å². The van der Waals surface area contributed by atoms with Crippen LogP contribution in [0.1, 0.15) is 18.3 Å². The lowest BCUT2D eigenvalue weighted by Crippen LogP contribution is -2.38. The molecule has 0 atom stereocenters. The number of amides is 1.